The molecule has 1 aliphatic rings. The molecular weight excluding hydrogens is 386 g/mol. The molecule has 1 amide bonds. The number of carbonyl (C=O) groups is 2. The number of esters is 1. The van der Waals surface area contributed by atoms with Crippen LogP contribution in [0.3, 0.4) is 0 Å². The highest BCUT2D eigenvalue weighted by Crippen LogP contribution is 2.32. The van der Waals surface area contributed by atoms with Gasteiger partial charge in [-0.15, -0.1) is 0 Å². The van der Waals surface area contributed by atoms with E-state index >= 15 is 0 Å². The smallest absolute Gasteiger partial charge is 0.338 e. The number of aryl methyl sites for hydroxylation is 2. The largest absolute Gasteiger partial charge is 0.486 e. The number of fused-ring (bicyclic) bond motifs is 2. The molecular formula is C22H21N3O5. The van der Waals surface area contributed by atoms with Crippen molar-refractivity contribution < 1.29 is 23.8 Å². The topological polar surface area (TPSA) is 99.6 Å². The molecule has 0 saturated carbocycles. The normalized spacial score (nSPS) is 13.6. The summed E-state index contributed by atoms with van der Waals surface area (Å²) in [6.45, 7) is 6.20. The maximum Gasteiger partial charge on any atom is 0.338 e. The van der Waals surface area contributed by atoms with Crippen molar-refractivity contribution in [3.63, 3.8) is 0 Å². The number of nitrogens with one attached hydrogen (secondary N) is 1. The molecule has 0 spiro atoms. The standard InChI is InChI=1S/C22H21N3O5/c1-12-13(2)24-18-10-15(4-6-17(18)23-12)22(27)30-14(3)21(26)25-16-5-7-19-20(11-16)29-9-8-28-19/h4-7,10-11,14H,8-9H2,1-3H3,(H,25,26)/t14-/m1/s1. The highest BCUT2D eigenvalue weighted by molar-refractivity contribution is 5.98. The molecule has 1 aliphatic heterocycles. The maximum atomic E-state index is 12.5. The highest BCUT2D eigenvalue weighted by atomic mass is 16.6. The molecule has 0 bridgehead atoms. The number of amides is 1. The molecule has 0 aliphatic carbocycles. The quantitative estimate of drug-likeness (QED) is 0.663. The van der Waals surface area contributed by atoms with E-state index in [4.69, 9.17) is 14.2 Å². The fourth-order valence-corrected chi connectivity index (χ4v) is 3.00. The van der Waals surface area contributed by atoms with Gasteiger partial charge in [0.25, 0.3) is 5.91 Å². The number of benzene rings is 2. The second-order valence-electron chi connectivity index (χ2n) is 6.99. The van der Waals surface area contributed by atoms with E-state index in [-0.39, 0.29) is 0 Å². The highest BCUT2D eigenvalue weighted by Gasteiger charge is 2.21. The summed E-state index contributed by atoms with van der Waals surface area (Å²) in [5.41, 5.74) is 3.75. The van der Waals surface area contributed by atoms with Crippen molar-refractivity contribution in [1.82, 2.24) is 9.97 Å². The number of aromatic nitrogens is 2. The van der Waals surface area contributed by atoms with Gasteiger partial charge in [-0.3, -0.25) is 4.79 Å². The van der Waals surface area contributed by atoms with Crippen LogP contribution in [0.5, 0.6) is 11.5 Å². The SMILES string of the molecule is Cc1nc2ccc(C(=O)O[C@H](C)C(=O)Nc3ccc4c(c3)OCCO4)cc2nc1C. The van der Waals surface area contributed by atoms with Crippen LogP contribution in [0.25, 0.3) is 11.0 Å². The second kappa shape index (κ2) is 7.98. The van der Waals surface area contributed by atoms with Gasteiger partial charge in [0.2, 0.25) is 0 Å². The Bertz CT molecular complexity index is 1150. The number of hydrogen-bond acceptors (Lipinski definition) is 7. The third kappa shape index (κ3) is 4.03. The van der Waals surface area contributed by atoms with Crippen molar-refractivity contribution in [2.75, 3.05) is 18.5 Å². The van der Waals surface area contributed by atoms with Gasteiger partial charge in [0.05, 0.1) is 28.0 Å². The maximum absolute atomic E-state index is 12.5. The Labute approximate surface area is 173 Å². The second-order valence-corrected chi connectivity index (χ2v) is 6.99. The molecule has 30 heavy (non-hydrogen) atoms. The van der Waals surface area contributed by atoms with Gasteiger partial charge in [-0.2, -0.15) is 0 Å². The molecule has 3 aromatic rings. The number of carbonyl (C=O) groups excluding carboxylic acids is 2. The van der Waals surface area contributed by atoms with Crippen molar-refractivity contribution in [1.29, 1.82) is 0 Å². The lowest BCUT2D eigenvalue weighted by Crippen LogP contribution is -2.30. The summed E-state index contributed by atoms with van der Waals surface area (Å²) in [7, 11) is 0. The molecule has 4 rings (SSSR count). The number of ether oxygens (including phenoxy) is 3. The molecule has 1 atom stereocenters. The molecule has 0 unspecified atom stereocenters. The predicted molar refractivity (Wildman–Crippen MR) is 110 cm³/mol. The zero-order chi connectivity index (χ0) is 21.3. The first-order valence-electron chi connectivity index (χ1n) is 9.57. The van der Waals surface area contributed by atoms with Crippen LogP contribution in [0.15, 0.2) is 36.4 Å². The van der Waals surface area contributed by atoms with Gasteiger partial charge in [0.15, 0.2) is 17.6 Å². The molecule has 0 fully saturated rings. The molecule has 0 radical (unpaired) electrons. The van der Waals surface area contributed by atoms with E-state index in [1.165, 1.54) is 6.92 Å². The summed E-state index contributed by atoms with van der Waals surface area (Å²) in [5.74, 6) is 0.129. The fourth-order valence-electron chi connectivity index (χ4n) is 3.00. The van der Waals surface area contributed by atoms with Crippen LogP contribution in [0.2, 0.25) is 0 Å². The Hall–Kier alpha value is -3.68. The van der Waals surface area contributed by atoms with Crippen LogP contribution in [0.1, 0.15) is 28.7 Å². The first kappa shape index (κ1) is 19.6. The summed E-state index contributed by atoms with van der Waals surface area (Å²) >= 11 is 0. The van der Waals surface area contributed by atoms with E-state index < -0.39 is 18.0 Å². The minimum Gasteiger partial charge on any atom is -0.486 e. The summed E-state index contributed by atoms with van der Waals surface area (Å²) < 4.78 is 16.3. The summed E-state index contributed by atoms with van der Waals surface area (Å²) in [5, 5.41) is 2.72. The molecule has 1 aromatic heterocycles. The van der Waals surface area contributed by atoms with Crippen molar-refractivity contribution in [3.8, 4) is 11.5 Å². The monoisotopic (exact) mass is 407 g/mol. The van der Waals surface area contributed by atoms with Gasteiger partial charge in [0, 0.05) is 11.8 Å². The van der Waals surface area contributed by atoms with Crippen LogP contribution in [0.4, 0.5) is 5.69 Å². The van der Waals surface area contributed by atoms with E-state index in [0.717, 1.165) is 11.4 Å². The van der Waals surface area contributed by atoms with Crippen LogP contribution in [0, 0.1) is 13.8 Å². The zero-order valence-corrected chi connectivity index (χ0v) is 16.9. The van der Waals surface area contributed by atoms with Gasteiger partial charge < -0.3 is 19.5 Å². The molecule has 154 valence electrons. The minimum absolute atomic E-state index is 0.305. The van der Waals surface area contributed by atoms with Crippen molar-refractivity contribution in [3.05, 3.63) is 53.3 Å². The number of nitrogens with zero attached hydrogens (tertiary/aromatic N) is 2. The zero-order valence-electron chi connectivity index (χ0n) is 16.9. The first-order chi connectivity index (χ1) is 14.4. The molecule has 8 heteroatoms. The van der Waals surface area contributed by atoms with Crippen LogP contribution in [-0.4, -0.2) is 41.2 Å². The molecule has 8 nitrogen and oxygen atoms in total. The fraction of sp³-hybridized carbons (Fsp3) is 0.273. The summed E-state index contributed by atoms with van der Waals surface area (Å²) in [6.07, 6.45) is -0.993. The summed E-state index contributed by atoms with van der Waals surface area (Å²) in [4.78, 5) is 33.9. The van der Waals surface area contributed by atoms with Gasteiger partial charge in [-0.05, 0) is 51.1 Å². The van der Waals surface area contributed by atoms with E-state index in [0.29, 0.717) is 47.0 Å². The molecule has 1 N–H and O–H groups in total. The molecule has 2 aromatic carbocycles. The average Bonchev–Trinajstić information content (AvgIpc) is 2.74. The van der Waals surface area contributed by atoms with Crippen molar-refractivity contribution >= 4 is 28.6 Å². The average molecular weight is 407 g/mol. The van der Waals surface area contributed by atoms with Crippen LogP contribution >= 0.6 is 0 Å². The van der Waals surface area contributed by atoms with Crippen LogP contribution in [-0.2, 0) is 9.53 Å². The Kier molecular flexibility index (Phi) is 5.22. The minimum atomic E-state index is -0.993. The molecule has 2 heterocycles. The lowest BCUT2D eigenvalue weighted by molar-refractivity contribution is -0.123. The molecule has 0 saturated heterocycles. The Morgan fingerprint density at radius 2 is 1.67 bits per heavy atom. The predicted octanol–water partition coefficient (Wildman–Crippen LogP) is 3.20. The summed E-state index contributed by atoms with van der Waals surface area (Å²) in [6, 6.07) is 10.0. The third-order valence-electron chi connectivity index (χ3n) is 4.77. The van der Waals surface area contributed by atoms with Gasteiger partial charge >= 0.3 is 5.97 Å². The Morgan fingerprint density at radius 1 is 0.967 bits per heavy atom. The third-order valence-corrected chi connectivity index (χ3v) is 4.77. The van der Waals surface area contributed by atoms with Gasteiger partial charge in [-0.25, -0.2) is 14.8 Å². The van der Waals surface area contributed by atoms with E-state index in [1.54, 1.807) is 36.4 Å². The lowest BCUT2D eigenvalue weighted by atomic mass is 10.2. The number of anilines is 1. The lowest BCUT2D eigenvalue weighted by Gasteiger charge is -2.19. The van der Waals surface area contributed by atoms with E-state index in [9.17, 15) is 9.59 Å². The van der Waals surface area contributed by atoms with Gasteiger partial charge in [0.1, 0.15) is 13.2 Å². The first-order valence-corrected chi connectivity index (χ1v) is 9.57. The van der Waals surface area contributed by atoms with E-state index in [2.05, 4.69) is 15.3 Å². The Morgan fingerprint density at radius 3 is 2.43 bits per heavy atom. The van der Waals surface area contributed by atoms with Crippen molar-refractivity contribution in [2.24, 2.45) is 0 Å². The van der Waals surface area contributed by atoms with Crippen molar-refractivity contribution in [2.45, 2.75) is 26.9 Å². The Balaban J connectivity index is 1.43. The number of hydrogen-bond donors (Lipinski definition) is 1. The van der Waals surface area contributed by atoms with Gasteiger partial charge in [-0.1, -0.05) is 0 Å². The van der Waals surface area contributed by atoms with E-state index in [1.807, 2.05) is 13.8 Å². The number of rotatable bonds is 4. The van der Waals surface area contributed by atoms with Crippen LogP contribution < -0.4 is 14.8 Å².